The second-order valence-corrected chi connectivity index (χ2v) is 8.65. The molecule has 2 aromatic carbocycles. The molecule has 150 valence electrons. The maximum Gasteiger partial charge on any atom is 0.172 e. The van der Waals surface area contributed by atoms with Crippen molar-refractivity contribution in [2.45, 2.75) is 25.4 Å². The largest absolute Gasteiger partial charge is 0.364 e. The Labute approximate surface area is 180 Å². The van der Waals surface area contributed by atoms with Gasteiger partial charge in [0, 0.05) is 48.8 Å². The van der Waals surface area contributed by atoms with Crippen molar-refractivity contribution in [3.05, 3.63) is 58.1 Å². The van der Waals surface area contributed by atoms with E-state index in [1.165, 1.54) is 12.8 Å². The van der Waals surface area contributed by atoms with Crippen LogP contribution in [-0.2, 0) is 6.54 Å². The lowest BCUT2D eigenvalue weighted by Crippen LogP contribution is -2.46. The minimum absolute atomic E-state index is 0.537. The summed E-state index contributed by atoms with van der Waals surface area (Å²) in [6, 6.07) is 14.3. The number of anilines is 2. The van der Waals surface area contributed by atoms with Gasteiger partial charge in [0.2, 0.25) is 0 Å². The van der Waals surface area contributed by atoms with E-state index in [1.54, 1.807) is 0 Å². The molecule has 1 N–H and O–H groups in total. The van der Waals surface area contributed by atoms with Crippen molar-refractivity contribution in [1.29, 1.82) is 0 Å². The number of nitrogens with one attached hydrogen (secondary N) is 1. The summed E-state index contributed by atoms with van der Waals surface area (Å²) in [5, 5.41) is 5.08. The van der Waals surface area contributed by atoms with Crippen LogP contribution in [0.25, 0.3) is 11.0 Å². The number of piperazine rings is 1. The first kappa shape index (κ1) is 18.9. The Morgan fingerprint density at radius 3 is 2.38 bits per heavy atom. The van der Waals surface area contributed by atoms with Crippen LogP contribution in [0.4, 0.5) is 11.6 Å². The van der Waals surface area contributed by atoms with Gasteiger partial charge in [0.15, 0.2) is 11.6 Å². The molecule has 1 saturated heterocycles. The van der Waals surface area contributed by atoms with E-state index in [2.05, 4.69) is 15.1 Å². The highest BCUT2D eigenvalue weighted by Gasteiger charge is 2.27. The third-order valence-electron chi connectivity index (χ3n) is 5.54. The molecule has 2 aliphatic rings. The molecule has 0 unspecified atom stereocenters. The molecule has 0 atom stereocenters. The van der Waals surface area contributed by atoms with Crippen LogP contribution in [0.1, 0.15) is 18.4 Å². The number of aromatic nitrogens is 2. The molecule has 3 aromatic rings. The van der Waals surface area contributed by atoms with E-state index in [-0.39, 0.29) is 0 Å². The summed E-state index contributed by atoms with van der Waals surface area (Å²) >= 11 is 12.5. The quantitative estimate of drug-likeness (QED) is 0.631. The lowest BCUT2D eigenvalue weighted by Gasteiger charge is -2.36. The lowest BCUT2D eigenvalue weighted by molar-refractivity contribution is 0.249. The summed E-state index contributed by atoms with van der Waals surface area (Å²) in [6.45, 7) is 4.51. The number of halogens is 2. The van der Waals surface area contributed by atoms with E-state index < -0.39 is 0 Å². The Morgan fingerprint density at radius 1 is 0.931 bits per heavy atom. The molecule has 29 heavy (non-hydrogen) atoms. The van der Waals surface area contributed by atoms with Crippen molar-refractivity contribution in [1.82, 2.24) is 14.9 Å². The molecule has 2 fully saturated rings. The minimum Gasteiger partial charge on any atom is -0.364 e. The fraction of sp³-hybridized carbons (Fsp3) is 0.364. The third kappa shape index (κ3) is 4.27. The van der Waals surface area contributed by atoms with Crippen molar-refractivity contribution >= 4 is 45.9 Å². The van der Waals surface area contributed by atoms with Gasteiger partial charge in [-0.1, -0.05) is 35.3 Å². The smallest absolute Gasteiger partial charge is 0.172 e. The molecule has 0 amide bonds. The van der Waals surface area contributed by atoms with Gasteiger partial charge in [-0.25, -0.2) is 9.97 Å². The summed E-state index contributed by atoms with van der Waals surface area (Å²) in [6.07, 6.45) is 2.42. The average molecular weight is 428 g/mol. The molecule has 5 nitrogen and oxygen atoms in total. The van der Waals surface area contributed by atoms with Crippen LogP contribution in [0, 0.1) is 0 Å². The van der Waals surface area contributed by atoms with Gasteiger partial charge in [-0.05, 0) is 48.7 Å². The molecule has 0 bridgehead atoms. The van der Waals surface area contributed by atoms with Crippen LogP contribution in [-0.4, -0.2) is 47.1 Å². The molecule has 1 aliphatic carbocycles. The van der Waals surface area contributed by atoms with Gasteiger partial charge in [-0.15, -0.1) is 0 Å². The highest BCUT2D eigenvalue weighted by molar-refractivity contribution is 6.33. The molecule has 0 spiro atoms. The Hall–Kier alpha value is -2.08. The maximum atomic E-state index is 6.35. The molecule has 1 aliphatic heterocycles. The summed E-state index contributed by atoms with van der Waals surface area (Å²) in [5.41, 5.74) is 2.96. The monoisotopic (exact) mass is 427 g/mol. The van der Waals surface area contributed by atoms with Gasteiger partial charge in [-0.3, -0.25) is 4.90 Å². The summed E-state index contributed by atoms with van der Waals surface area (Å²) in [7, 11) is 0. The highest BCUT2D eigenvalue weighted by Crippen LogP contribution is 2.31. The molecule has 1 saturated carbocycles. The van der Waals surface area contributed by atoms with E-state index in [4.69, 9.17) is 33.2 Å². The second-order valence-electron chi connectivity index (χ2n) is 7.80. The Bertz CT molecular complexity index is 1030. The Kier molecular flexibility index (Phi) is 5.20. The number of hydrogen-bond acceptors (Lipinski definition) is 5. The van der Waals surface area contributed by atoms with E-state index in [9.17, 15) is 0 Å². The summed E-state index contributed by atoms with van der Waals surface area (Å²) in [4.78, 5) is 14.6. The number of nitrogens with zero attached hydrogens (tertiary/aromatic N) is 4. The van der Waals surface area contributed by atoms with Crippen molar-refractivity contribution in [3.63, 3.8) is 0 Å². The normalized spacial score (nSPS) is 17.7. The van der Waals surface area contributed by atoms with Crippen LogP contribution in [0.15, 0.2) is 42.5 Å². The van der Waals surface area contributed by atoms with Gasteiger partial charge in [0.25, 0.3) is 0 Å². The van der Waals surface area contributed by atoms with Crippen molar-refractivity contribution < 1.29 is 0 Å². The first-order valence-corrected chi connectivity index (χ1v) is 10.9. The van der Waals surface area contributed by atoms with Crippen LogP contribution in [0.3, 0.4) is 0 Å². The first-order valence-electron chi connectivity index (χ1n) is 10.1. The number of para-hydroxylation sites is 2. The molecular weight excluding hydrogens is 405 g/mol. The van der Waals surface area contributed by atoms with Crippen molar-refractivity contribution in [2.75, 3.05) is 36.4 Å². The van der Waals surface area contributed by atoms with Gasteiger partial charge < -0.3 is 10.2 Å². The van der Waals surface area contributed by atoms with Crippen LogP contribution in [0.2, 0.25) is 10.0 Å². The Morgan fingerprint density at radius 2 is 1.66 bits per heavy atom. The predicted octanol–water partition coefficient (Wildman–Crippen LogP) is 4.83. The van der Waals surface area contributed by atoms with E-state index in [1.807, 2.05) is 42.5 Å². The number of rotatable bonds is 5. The van der Waals surface area contributed by atoms with E-state index in [0.717, 1.165) is 71.0 Å². The summed E-state index contributed by atoms with van der Waals surface area (Å²) in [5.74, 6) is 1.88. The Balaban J connectivity index is 1.33. The van der Waals surface area contributed by atoms with Crippen LogP contribution < -0.4 is 10.2 Å². The van der Waals surface area contributed by atoms with Crippen LogP contribution >= 0.6 is 23.2 Å². The fourth-order valence-corrected chi connectivity index (χ4v) is 4.12. The van der Waals surface area contributed by atoms with E-state index >= 15 is 0 Å². The average Bonchev–Trinajstić information content (AvgIpc) is 3.55. The number of benzene rings is 2. The third-order valence-corrected chi connectivity index (χ3v) is 6.15. The summed E-state index contributed by atoms with van der Waals surface area (Å²) < 4.78 is 0. The standard InChI is InChI=1S/C22H23Cl2N5/c23-16-5-8-18(24)15(13-16)14-28-9-11-29(12-10-28)22-21(25-17-6-7-17)26-19-3-1-2-4-20(19)27-22/h1-5,8,13,17H,6-7,9-12,14H2,(H,25,26). The minimum atomic E-state index is 0.537. The molecule has 2 heterocycles. The van der Waals surface area contributed by atoms with Crippen molar-refractivity contribution in [3.8, 4) is 0 Å². The molecule has 0 radical (unpaired) electrons. The second kappa shape index (κ2) is 7.98. The van der Waals surface area contributed by atoms with Gasteiger partial charge >= 0.3 is 0 Å². The molecular formula is C22H23Cl2N5. The maximum absolute atomic E-state index is 6.35. The molecule has 7 heteroatoms. The highest BCUT2D eigenvalue weighted by atomic mass is 35.5. The topological polar surface area (TPSA) is 44.3 Å². The van der Waals surface area contributed by atoms with E-state index in [0.29, 0.717) is 6.04 Å². The zero-order valence-corrected chi connectivity index (χ0v) is 17.6. The van der Waals surface area contributed by atoms with Gasteiger partial charge in [0.1, 0.15) is 0 Å². The fourth-order valence-electron chi connectivity index (χ4n) is 3.75. The SMILES string of the molecule is Clc1ccc(Cl)c(CN2CCN(c3nc4ccccc4nc3NC3CC3)CC2)c1. The van der Waals surface area contributed by atoms with Crippen LogP contribution in [0.5, 0.6) is 0 Å². The van der Waals surface area contributed by atoms with Crippen molar-refractivity contribution in [2.24, 2.45) is 0 Å². The lowest BCUT2D eigenvalue weighted by atomic mass is 10.2. The number of fused-ring (bicyclic) bond motifs is 1. The van der Waals surface area contributed by atoms with Gasteiger partial charge in [-0.2, -0.15) is 0 Å². The molecule has 5 rings (SSSR count). The van der Waals surface area contributed by atoms with Gasteiger partial charge in [0.05, 0.1) is 11.0 Å². The zero-order chi connectivity index (χ0) is 19.8. The zero-order valence-electron chi connectivity index (χ0n) is 16.1. The predicted molar refractivity (Wildman–Crippen MR) is 120 cm³/mol. The molecule has 1 aromatic heterocycles. The first-order chi connectivity index (χ1) is 14.2. The number of hydrogen-bond donors (Lipinski definition) is 1.